The highest BCUT2D eigenvalue weighted by atomic mass is 15.1. The molecular formula is C27H39N. The average Bonchev–Trinajstić information content (AvgIpc) is 2.73. The molecule has 0 saturated heterocycles. The SMILES string of the molecule is CCCCCCCCCC/C=C\CN(Cc1ccccc1)Cc1ccccc1. The molecule has 0 fully saturated rings. The van der Waals surface area contributed by atoms with Gasteiger partial charge >= 0.3 is 0 Å². The summed E-state index contributed by atoms with van der Waals surface area (Å²) in [5.41, 5.74) is 2.77. The van der Waals surface area contributed by atoms with Crippen molar-refractivity contribution in [2.24, 2.45) is 0 Å². The molecule has 0 unspecified atom stereocenters. The highest BCUT2D eigenvalue weighted by Gasteiger charge is 2.05. The molecule has 1 heteroatoms. The van der Waals surface area contributed by atoms with E-state index in [0.29, 0.717) is 0 Å². The summed E-state index contributed by atoms with van der Waals surface area (Å²) in [6.45, 7) is 5.30. The Kier molecular flexibility index (Phi) is 12.1. The molecule has 0 aliphatic rings. The van der Waals surface area contributed by atoms with E-state index < -0.39 is 0 Å². The van der Waals surface area contributed by atoms with Crippen molar-refractivity contribution >= 4 is 0 Å². The lowest BCUT2D eigenvalue weighted by atomic mass is 10.1. The lowest BCUT2D eigenvalue weighted by Gasteiger charge is -2.21. The van der Waals surface area contributed by atoms with E-state index in [9.17, 15) is 0 Å². The second-order valence-corrected chi connectivity index (χ2v) is 7.88. The van der Waals surface area contributed by atoms with E-state index in [2.05, 4.69) is 84.6 Å². The smallest absolute Gasteiger partial charge is 0.0240 e. The maximum Gasteiger partial charge on any atom is 0.0240 e. The van der Waals surface area contributed by atoms with Crippen LogP contribution in [0.5, 0.6) is 0 Å². The van der Waals surface area contributed by atoms with Gasteiger partial charge in [0.1, 0.15) is 0 Å². The Hall–Kier alpha value is -1.86. The average molecular weight is 378 g/mol. The Balaban J connectivity index is 1.68. The normalized spacial score (nSPS) is 11.5. The molecule has 28 heavy (non-hydrogen) atoms. The first-order chi connectivity index (χ1) is 13.9. The van der Waals surface area contributed by atoms with Crippen molar-refractivity contribution in [3.63, 3.8) is 0 Å². The van der Waals surface area contributed by atoms with Crippen molar-refractivity contribution in [3.05, 3.63) is 83.9 Å². The van der Waals surface area contributed by atoms with Crippen LogP contribution in [0.1, 0.15) is 75.8 Å². The Labute approximate surface area is 173 Å². The molecule has 0 amide bonds. The monoisotopic (exact) mass is 377 g/mol. The zero-order valence-electron chi connectivity index (χ0n) is 17.9. The summed E-state index contributed by atoms with van der Waals surface area (Å²) in [4.78, 5) is 2.52. The van der Waals surface area contributed by atoms with E-state index in [1.54, 1.807) is 0 Å². The molecule has 0 atom stereocenters. The van der Waals surface area contributed by atoms with Crippen LogP contribution in [0.4, 0.5) is 0 Å². The molecule has 1 nitrogen and oxygen atoms in total. The fourth-order valence-electron chi connectivity index (χ4n) is 3.61. The first-order valence-corrected chi connectivity index (χ1v) is 11.3. The Morgan fingerprint density at radius 3 is 1.64 bits per heavy atom. The minimum absolute atomic E-state index is 0.998. The number of hydrogen-bond donors (Lipinski definition) is 0. The number of rotatable bonds is 15. The summed E-state index contributed by atoms with van der Waals surface area (Å²) in [6.07, 6.45) is 17.1. The van der Waals surface area contributed by atoms with Crippen molar-refractivity contribution in [2.75, 3.05) is 6.54 Å². The van der Waals surface area contributed by atoms with Crippen molar-refractivity contribution in [2.45, 2.75) is 77.8 Å². The van der Waals surface area contributed by atoms with Crippen LogP contribution < -0.4 is 0 Å². The highest BCUT2D eigenvalue weighted by molar-refractivity contribution is 5.17. The van der Waals surface area contributed by atoms with Gasteiger partial charge in [0.25, 0.3) is 0 Å². The third-order valence-electron chi connectivity index (χ3n) is 5.25. The molecule has 0 saturated carbocycles. The zero-order chi connectivity index (χ0) is 19.7. The summed E-state index contributed by atoms with van der Waals surface area (Å²) in [6, 6.07) is 21.6. The van der Waals surface area contributed by atoms with Gasteiger partial charge in [-0.25, -0.2) is 0 Å². The second-order valence-electron chi connectivity index (χ2n) is 7.88. The van der Waals surface area contributed by atoms with E-state index in [4.69, 9.17) is 0 Å². The van der Waals surface area contributed by atoms with Crippen molar-refractivity contribution in [1.82, 2.24) is 4.90 Å². The molecule has 152 valence electrons. The van der Waals surface area contributed by atoms with Gasteiger partial charge in [-0.1, -0.05) is 125 Å². The van der Waals surface area contributed by atoms with Crippen LogP contribution in [-0.2, 0) is 13.1 Å². The molecule has 0 bridgehead atoms. The predicted octanol–water partition coefficient (Wildman–Crippen LogP) is 7.78. The largest absolute Gasteiger partial charge is 0.291 e. The van der Waals surface area contributed by atoms with Crippen LogP contribution >= 0.6 is 0 Å². The molecule has 2 rings (SSSR count). The maximum atomic E-state index is 2.52. The van der Waals surface area contributed by atoms with E-state index in [-0.39, 0.29) is 0 Å². The van der Waals surface area contributed by atoms with Crippen LogP contribution in [0.25, 0.3) is 0 Å². The van der Waals surface area contributed by atoms with Gasteiger partial charge in [0.05, 0.1) is 0 Å². The molecule has 2 aromatic rings. The van der Waals surface area contributed by atoms with Crippen molar-refractivity contribution in [1.29, 1.82) is 0 Å². The lowest BCUT2D eigenvalue weighted by Crippen LogP contribution is -2.22. The van der Waals surface area contributed by atoms with E-state index >= 15 is 0 Å². The van der Waals surface area contributed by atoms with E-state index in [1.807, 2.05) is 0 Å². The van der Waals surface area contributed by atoms with Crippen LogP contribution in [0.2, 0.25) is 0 Å². The zero-order valence-corrected chi connectivity index (χ0v) is 17.9. The molecule has 0 radical (unpaired) electrons. The van der Waals surface area contributed by atoms with Gasteiger partial charge < -0.3 is 0 Å². The Morgan fingerprint density at radius 2 is 1.11 bits per heavy atom. The fraction of sp³-hybridized carbons (Fsp3) is 0.481. The number of benzene rings is 2. The van der Waals surface area contributed by atoms with Gasteiger partial charge in [-0.3, -0.25) is 4.90 Å². The third-order valence-corrected chi connectivity index (χ3v) is 5.25. The minimum atomic E-state index is 0.998. The minimum Gasteiger partial charge on any atom is -0.291 e. The molecule has 0 aliphatic heterocycles. The van der Waals surface area contributed by atoms with Crippen LogP contribution in [0, 0.1) is 0 Å². The Morgan fingerprint density at radius 1 is 0.607 bits per heavy atom. The molecule has 0 spiro atoms. The van der Waals surface area contributed by atoms with Crippen LogP contribution in [-0.4, -0.2) is 11.4 Å². The molecule has 0 N–H and O–H groups in total. The number of hydrogen-bond acceptors (Lipinski definition) is 1. The number of nitrogens with zero attached hydrogens (tertiary/aromatic N) is 1. The summed E-state index contributed by atoms with van der Waals surface area (Å²) in [5, 5.41) is 0. The van der Waals surface area contributed by atoms with Gasteiger partial charge in [0, 0.05) is 19.6 Å². The summed E-state index contributed by atoms with van der Waals surface area (Å²) in [7, 11) is 0. The van der Waals surface area contributed by atoms with Gasteiger partial charge in [-0.05, 0) is 24.0 Å². The van der Waals surface area contributed by atoms with E-state index in [0.717, 1.165) is 19.6 Å². The standard InChI is InChI=1S/C27H39N/c1-2-3-4-5-6-7-8-9-10-11-18-23-28(24-26-19-14-12-15-20-26)25-27-21-16-13-17-22-27/h11-22H,2-10,23-25H2,1H3/b18-11-. The molecule has 0 heterocycles. The summed E-state index contributed by atoms with van der Waals surface area (Å²) in [5.74, 6) is 0. The molecular weight excluding hydrogens is 338 g/mol. The van der Waals surface area contributed by atoms with Crippen LogP contribution in [0.3, 0.4) is 0 Å². The second kappa shape index (κ2) is 15.1. The quantitative estimate of drug-likeness (QED) is 0.226. The van der Waals surface area contributed by atoms with Crippen molar-refractivity contribution < 1.29 is 0 Å². The molecule has 2 aromatic carbocycles. The predicted molar refractivity (Wildman–Crippen MR) is 123 cm³/mol. The number of allylic oxidation sites excluding steroid dienone is 1. The molecule has 0 aromatic heterocycles. The first kappa shape index (κ1) is 22.4. The van der Waals surface area contributed by atoms with Gasteiger partial charge in [-0.15, -0.1) is 0 Å². The topological polar surface area (TPSA) is 3.24 Å². The summed E-state index contributed by atoms with van der Waals surface area (Å²) >= 11 is 0. The van der Waals surface area contributed by atoms with Crippen molar-refractivity contribution in [3.8, 4) is 0 Å². The first-order valence-electron chi connectivity index (χ1n) is 11.3. The molecule has 0 aliphatic carbocycles. The maximum absolute atomic E-state index is 2.52. The fourth-order valence-corrected chi connectivity index (χ4v) is 3.61. The van der Waals surface area contributed by atoms with Crippen LogP contribution in [0.15, 0.2) is 72.8 Å². The lowest BCUT2D eigenvalue weighted by molar-refractivity contribution is 0.285. The van der Waals surface area contributed by atoms with E-state index in [1.165, 1.54) is 68.9 Å². The highest BCUT2D eigenvalue weighted by Crippen LogP contribution is 2.12. The summed E-state index contributed by atoms with van der Waals surface area (Å²) < 4.78 is 0. The van der Waals surface area contributed by atoms with Gasteiger partial charge in [0.2, 0.25) is 0 Å². The Bertz CT molecular complexity index is 576. The third kappa shape index (κ3) is 10.5. The van der Waals surface area contributed by atoms with Gasteiger partial charge in [-0.2, -0.15) is 0 Å². The number of unbranched alkanes of at least 4 members (excludes halogenated alkanes) is 8. The van der Waals surface area contributed by atoms with Gasteiger partial charge in [0.15, 0.2) is 0 Å².